The Kier molecular flexibility index (Phi) is 12.0. The molecule has 19 heavy (non-hydrogen) atoms. The maximum atomic E-state index is 11.1. The van der Waals surface area contributed by atoms with Crippen LogP contribution in [0.15, 0.2) is 0 Å². The van der Waals surface area contributed by atoms with Crippen molar-refractivity contribution in [2.45, 2.75) is 55.3 Å². The lowest BCUT2D eigenvalue weighted by atomic mass is 10.1. The van der Waals surface area contributed by atoms with E-state index in [1.807, 2.05) is 0 Å². The minimum absolute atomic E-state index is 0.534. The van der Waals surface area contributed by atoms with Gasteiger partial charge in [0.2, 0.25) is 0 Å². The Morgan fingerprint density at radius 1 is 0.947 bits per heavy atom. The Bertz CT molecular complexity index is 236. The highest BCUT2D eigenvalue weighted by molar-refractivity contribution is 6.66. The van der Waals surface area contributed by atoms with Crippen LogP contribution >= 0.6 is 34.8 Å². The summed E-state index contributed by atoms with van der Waals surface area (Å²) in [7, 11) is 0. The number of nitrogens with two attached hydrogens (primary N) is 1. The minimum Gasteiger partial charge on any atom is -0.398 e. The Hall–Kier alpha value is 0.1000. The Morgan fingerprint density at radius 3 is 1.89 bits per heavy atom. The monoisotopic (exact) mass is 332 g/mol. The van der Waals surface area contributed by atoms with Crippen molar-refractivity contribution >= 4 is 40.9 Å². The molecule has 0 fully saturated rings. The zero-order valence-electron chi connectivity index (χ0n) is 11.1. The lowest BCUT2D eigenvalue weighted by Crippen LogP contribution is -2.29. The number of amides is 1. The van der Waals surface area contributed by atoms with Crippen LogP contribution in [0.25, 0.3) is 0 Å². The van der Waals surface area contributed by atoms with Crippen molar-refractivity contribution in [3.63, 3.8) is 0 Å². The van der Waals surface area contributed by atoms with Crippen LogP contribution in [-0.4, -0.2) is 23.2 Å². The van der Waals surface area contributed by atoms with Gasteiger partial charge in [-0.05, 0) is 54.2 Å². The smallest absolute Gasteiger partial charge is 0.398 e. The third-order valence-electron chi connectivity index (χ3n) is 2.61. The van der Waals surface area contributed by atoms with Crippen LogP contribution in [0.4, 0.5) is 4.79 Å². The molecule has 4 nitrogen and oxygen atoms in total. The third kappa shape index (κ3) is 16.0. The van der Waals surface area contributed by atoms with Gasteiger partial charge in [-0.15, -0.1) is 0 Å². The molecule has 0 rings (SSSR count). The fourth-order valence-corrected chi connectivity index (χ4v) is 1.87. The zero-order chi connectivity index (χ0) is 14.6. The first-order valence-electron chi connectivity index (χ1n) is 6.69. The van der Waals surface area contributed by atoms with Crippen LogP contribution in [-0.2, 0) is 4.74 Å². The highest BCUT2D eigenvalue weighted by Crippen LogP contribution is 2.27. The largest absolute Gasteiger partial charge is 0.410 e. The van der Waals surface area contributed by atoms with Gasteiger partial charge in [-0.25, -0.2) is 4.79 Å². The minimum atomic E-state index is -1.99. The molecule has 0 aliphatic heterocycles. The normalized spacial score (nSPS) is 11.4. The zero-order valence-corrected chi connectivity index (χ0v) is 13.4. The highest BCUT2D eigenvalue weighted by atomic mass is 35.6. The maximum Gasteiger partial charge on any atom is 0.410 e. The van der Waals surface area contributed by atoms with Crippen LogP contribution in [0.3, 0.4) is 0 Å². The molecule has 1 amide bonds. The van der Waals surface area contributed by atoms with E-state index in [0.29, 0.717) is 6.54 Å². The molecule has 0 spiro atoms. The molecule has 0 heterocycles. The molecule has 0 unspecified atom stereocenters. The van der Waals surface area contributed by atoms with E-state index in [0.717, 1.165) is 25.8 Å². The van der Waals surface area contributed by atoms with Gasteiger partial charge in [0, 0.05) is 6.54 Å². The van der Waals surface area contributed by atoms with E-state index < -0.39 is 10.1 Å². The summed E-state index contributed by atoms with van der Waals surface area (Å²) in [4.78, 5) is 11.1. The van der Waals surface area contributed by atoms with E-state index in [1.165, 1.54) is 32.1 Å². The second-order valence-corrected chi connectivity index (χ2v) is 6.56. The first-order chi connectivity index (χ1) is 8.95. The first-order valence-corrected chi connectivity index (χ1v) is 7.83. The van der Waals surface area contributed by atoms with Crippen molar-refractivity contribution < 1.29 is 9.53 Å². The molecule has 0 bridgehead atoms. The van der Waals surface area contributed by atoms with E-state index in [1.54, 1.807) is 0 Å². The second kappa shape index (κ2) is 11.9. The molecule has 0 saturated carbocycles. The standard InChI is InChI=1S/C12H23Cl3N2O2/c13-12(14,15)19-11(18)17-10-8-6-4-2-1-3-5-7-9-16/h1-10,16H2,(H,17,18). The molecule has 114 valence electrons. The van der Waals surface area contributed by atoms with Crippen molar-refractivity contribution in [2.75, 3.05) is 13.1 Å². The van der Waals surface area contributed by atoms with Crippen LogP contribution in [0.2, 0.25) is 0 Å². The third-order valence-corrected chi connectivity index (χ3v) is 2.84. The molecule has 0 saturated heterocycles. The van der Waals surface area contributed by atoms with Gasteiger partial charge in [-0.2, -0.15) is 0 Å². The number of carbonyl (C=O) groups is 1. The molecule has 0 aromatic rings. The average molecular weight is 334 g/mol. The molecule has 7 heteroatoms. The number of alkyl halides is 3. The summed E-state index contributed by atoms with van der Waals surface area (Å²) in [6.07, 6.45) is 8.52. The lowest BCUT2D eigenvalue weighted by molar-refractivity contribution is 0.144. The van der Waals surface area contributed by atoms with Crippen molar-refractivity contribution in [2.24, 2.45) is 5.73 Å². The molecule has 0 aromatic heterocycles. The number of carbonyl (C=O) groups excluding carboxylic acids is 1. The highest BCUT2D eigenvalue weighted by Gasteiger charge is 2.24. The number of ether oxygens (including phenoxy) is 1. The van der Waals surface area contributed by atoms with Crippen molar-refractivity contribution in [1.82, 2.24) is 5.32 Å². The summed E-state index contributed by atoms with van der Waals surface area (Å²) < 4.78 is 2.46. The van der Waals surface area contributed by atoms with Crippen molar-refractivity contribution in [3.05, 3.63) is 0 Å². The number of alkyl carbamates (subject to hydrolysis) is 1. The van der Waals surface area contributed by atoms with E-state index >= 15 is 0 Å². The van der Waals surface area contributed by atoms with Gasteiger partial charge in [0.05, 0.1) is 0 Å². The summed E-state index contributed by atoms with van der Waals surface area (Å²) in [6, 6.07) is 0. The lowest BCUT2D eigenvalue weighted by Gasteiger charge is -2.12. The molecular weight excluding hydrogens is 311 g/mol. The molecule has 0 atom stereocenters. The summed E-state index contributed by atoms with van der Waals surface area (Å²) in [5.41, 5.74) is 5.42. The van der Waals surface area contributed by atoms with Crippen molar-refractivity contribution in [1.29, 1.82) is 0 Å². The number of hydrogen-bond acceptors (Lipinski definition) is 3. The number of hydrogen-bond donors (Lipinski definition) is 2. The predicted molar refractivity (Wildman–Crippen MR) is 80.8 cm³/mol. The van der Waals surface area contributed by atoms with Gasteiger partial charge >= 0.3 is 10.1 Å². The number of rotatable bonds is 10. The molecule has 0 radical (unpaired) electrons. The van der Waals surface area contributed by atoms with E-state index in [2.05, 4.69) is 10.1 Å². The van der Waals surface area contributed by atoms with E-state index in [9.17, 15) is 4.79 Å². The fraction of sp³-hybridized carbons (Fsp3) is 0.917. The summed E-state index contributed by atoms with van der Waals surface area (Å²) in [5, 5.41) is 2.53. The van der Waals surface area contributed by atoms with Crippen LogP contribution in [0.1, 0.15) is 51.4 Å². The van der Waals surface area contributed by atoms with Gasteiger partial charge < -0.3 is 15.8 Å². The van der Waals surface area contributed by atoms with E-state index in [-0.39, 0.29) is 0 Å². The first kappa shape index (κ1) is 19.1. The molecule has 0 aliphatic rings. The molecule has 3 N–H and O–H groups in total. The second-order valence-electron chi connectivity index (χ2n) is 4.38. The summed E-state index contributed by atoms with van der Waals surface area (Å²) in [5.74, 6) is 0. The van der Waals surface area contributed by atoms with Crippen LogP contribution in [0, 0.1) is 0 Å². The molecular formula is C12H23Cl3N2O2. The van der Waals surface area contributed by atoms with Crippen LogP contribution < -0.4 is 11.1 Å². The number of nitrogens with one attached hydrogen (secondary N) is 1. The predicted octanol–water partition coefficient (Wildman–Crippen LogP) is 4.12. The fourth-order valence-electron chi connectivity index (χ4n) is 1.66. The average Bonchev–Trinajstić information content (AvgIpc) is 2.29. The number of unbranched alkanes of at least 4 members (excludes halogenated alkanes) is 7. The molecule has 0 aliphatic carbocycles. The summed E-state index contributed by atoms with van der Waals surface area (Å²) in [6.45, 7) is 1.32. The molecule has 0 aromatic carbocycles. The Balaban J connectivity index is 3.21. The van der Waals surface area contributed by atoms with Gasteiger partial charge in [-0.3, -0.25) is 0 Å². The van der Waals surface area contributed by atoms with Gasteiger partial charge in [-0.1, -0.05) is 38.5 Å². The topological polar surface area (TPSA) is 64.3 Å². The van der Waals surface area contributed by atoms with Gasteiger partial charge in [0.15, 0.2) is 0 Å². The Labute approximate surface area is 130 Å². The Morgan fingerprint density at radius 2 is 1.42 bits per heavy atom. The summed E-state index contributed by atoms with van der Waals surface area (Å²) >= 11 is 15.9. The van der Waals surface area contributed by atoms with E-state index in [4.69, 9.17) is 40.5 Å². The van der Waals surface area contributed by atoms with Gasteiger partial charge in [0.1, 0.15) is 0 Å². The number of halogens is 3. The maximum absolute atomic E-state index is 11.1. The van der Waals surface area contributed by atoms with Crippen molar-refractivity contribution in [3.8, 4) is 0 Å². The SMILES string of the molecule is NCCCCCCCCCCNC(=O)OC(Cl)(Cl)Cl. The van der Waals surface area contributed by atoms with Gasteiger partial charge in [0.25, 0.3) is 0 Å². The quantitative estimate of drug-likeness (QED) is 0.467. The van der Waals surface area contributed by atoms with Crippen LogP contribution in [0.5, 0.6) is 0 Å².